The standard InChI is InChI=1S/C12H20N2S/c1-9-8-14(10(2)7-13-9)11(3)12-5-4-6-15-12/h4-6,9-11,13H,7-8H2,1-3H3. The van der Waals surface area contributed by atoms with E-state index in [0.717, 1.165) is 13.1 Å². The van der Waals surface area contributed by atoms with Crippen molar-refractivity contribution in [1.29, 1.82) is 0 Å². The quantitative estimate of drug-likeness (QED) is 0.830. The maximum absolute atomic E-state index is 3.52. The number of hydrogen-bond acceptors (Lipinski definition) is 3. The molecule has 0 aliphatic carbocycles. The highest BCUT2D eigenvalue weighted by molar-refractivity contribution is 7.10. The molecule has 1 fully saturated rings. The molecule has 0 saturated carbocycles. The summed E-state index contributed by atoms with van der Waals surface area (Å²) in [4.78, 5) is 4.09. The summed E-state index contributed by atoms with van der Waals surface area (Å²) in [6.45, 7) is 9.15. The van der Waals surface area contributed by atoms with Gasteiger partial charge < -0.3 is 5.32 Å². The first-order chi connectivity index (χ1) is 7.18. The van der Waals surface area contributed by atoms with Gasteiger partial charge in [-0.15, -0.1) is 11.3 Å². The van der Waals surface area contributed by atoms with Crippen molar-refractivity contribution in [2.75, 3.05) is 13.1 Å². The van der Waals surface area contributed by atoms with Crippen LogP contribution in [0.3, 0.4) is 0 Å². The lowest BCUT2D eigenvalue weighted by atomic mass is 10.1. The van der Waals surface area contributed by atoms with Gasteiger partial charge in [0.05, 0.1) is 0 Å². The number of hydrogen-bond donors (Lipinski definition) is 1. The minimum absolute atomic E-state index is 0.560. The van der Waals surface area contributed by atoms with Gasteiger partial charge in [0.25, 0.3) is 0 Å². The largest absolute Gasteiger partial charge is 0.311 e. The van der Waals surface area contributed by atoms with Crippen LogP contribution in [0.4, 0.5) is 0 Å². The predicted octanol–water partition coefficient (Wildman–Crippen LogP) is 2.49. The summed E-state index contributed by atoms with van der Waals surface area (Å²) in [6, 6.07) is 6.20. The third-order valence-electron chi connectivity index (χ3n) is 3.26. The zero-order valence-corrected chi connectivity index (χ0v) is 10.6. The molecule has 0 bridgehead atoms. The highest BCUT2D eigenvalue weighted by atomic mass is 32.1. The number of nitrogens with zero attached hydrogens (tertiary/aromatic N) is 1. The fraction of sp³-hybridized carbons (Fsp3) is 0.667. The van der Waals surface area contributed by atoms with Crippen LogP contribution in [0.2, 0.25) is 0 Å². The zero-order valence-electron chi connectivity index (χ0n) is 9.73. The molecular weight excluding hydrogens is 204 g/mol. The van der Waals surface area contributed by atoms with Crippen LogP contribution in [0.5, 0.6) is 0 Å². The molecule has 0 radical (unpaired) electrons. The second-order valence-electron chi connectivity index (χ2n) is 4.55. The van der Waals surface area contributed by atoms with Gasteiger partial charge in [0.1, 0.15) is 0 Å². The predicted molar refractivity (Wildman–Crippen MR) is 66.4 cm³/mol. The lowest BCUT2D eigenvalue weighted by Gasteiger charge is -2.41. The molecule has 3 unspecified atom stereocenters. The summed E-state index contributed by atoms with van der Waals surface area (Å²) >= 11 is 1.87. The minimum Gasteiger partial charge on any atom is -0.311 e. The molecule has 3 atom stereocenters. The Morgan fingerprint density at radius 3 is 3.00 bits per heavy atom. The summed E-state index contributed by atoms with van der Waals surface area (Å²) < 4.78 is 0. The SMILES string of the molecule is CC1CN(C(C)c2cccs2)C(C)CN1. The van der Waals surface area contributed by atoms with Crippen LogP contribution in [0.15, 0.2) is 17.5 Å². The third kappa shape index (κ3) is 2.41. The van der Waals surface area contributed by atoms with Gasteiger partial charge in [0.2, 0.25) is 0 Å². The molecular formula is C12H20N2S. The van der Waals surface area contributed by atoms with E-state index in [-0.39, 0.29) is 0 Å². The topological polar surface area (TPSA) is 15.3 Å². The first-order valence-corrected chi connectivity index (χ1v) is 6.59. The van der Waals surface area contributed by atoms with Crippen molar-refractivity contribution in [3.63, 3.8) is 0 Å². The highest BCUT2D eigenvalue weighted by Crippen LogP contribution is 2.27. The lowest BCUT2D eigenvalue weighted by Crippen LogP contribution is -2.54. The molecule has 0 amide bonds. The summed E-state index contributed by atoms with van der Waals surface area (Å²) in [6.07, 6.45) is 0. The molecule has 1 aliphatic heterocycles. The molecule has 84 valence electrons. The average Bonchev–Trinajstić information content (AvgIpc) is 2.74. The second kappa shape index (κ2) is 4.64. The monoisotopic (exact) mass is 224 g/mol. The Morgan fingerprint density at radius 2 is 2.33 bits per heavy atom. The molecule has 1 saturated heterocycles. The van der Waals surface area contributed by atoms with Crippen LogP contribution in [0.1, 0.15) is 31.7 Å². The van der Waals surface area contributed by atoms with E-state index < -0.39 is 0 Å². The van der Waals surface area contributed by atoms with Crippen LogP contribution in [-0.2, 0) is 0 Å². The Morgan fingerprint density at radius 1 is 1.53 bits per heavy atom. The number of rotatable bonds is 2. The van der Waals surface area contributed by atoms with E-state index >= 15 is 0 Å². The van der Waals surface area contributed by atoms with Crippen LogP contribution in [-0.4, -0.2) is 30.1 Å². The van der Waals surface area contributed by atoms with E-state index in [2.05, 4.69) is 48.5 Å². The van der Waals surface area contributed by atoms with E-state index in [4.69, 9.17) is 0 Å². The van der Waals surface area contributed by atoms with E-state index in [0.29, 0.717) is 18.1 Å². The molecule has 1 aromatic heterocycles. The lowest BCUT2D eigenvalue weighted by molar-refractivity contribution is 0.105. The van der Waals surface area contributed by atoms with Gasteiger partial charge in [-0.2, -0.15) is 0 Å². The molecule has 2 nitrogen and oxygen atoms in total. The van der Waals surface area contributed by atoms with Gasteiger partial charge in [0.15, 0.2) is 0 Å². The van der Waals surface area contributed by atoms with Crippen molar-refractivity contribution >= 4 is 11.3 Å². The van der Waals surface area contributed by atoms with Gasteiger partial charge in [-0.1, -0.05) is 6.07 Å². The maximum atomic E-state index is 3.52. The number of nitrogens with one attached hydrogen (secondary N) is 1. The van der Waals surface area contributed by atoms with Gasteiger partial charge in [-0.25, -0.2) is 0 Å². The van der Waals surface area contributed by atoms with Crippen molar-refractivity contribution in [3.8, 4) is 0 Å². The van der Waals surface area contributed by atoms with Crippen LogP contribution < -0.4 is 5.32 Å². The van der Waals surface area contributed by atoms with Gasteiger partial charge in [-0.05, 0) is 32.2 Å². The number of piperazine rings is 1. The first kappa shape index (κ1) is 11.1. The van der Waals surface area contributed by atoms with Crippen LogP contribution in [0.25, 0.3) is 0 Å². The molecule has 2 heterocycles. The van der Waals surface area contributed by atoms with Crippen molar-refractivity contribution in [3.05, 3.63) is 22.4 Å². The van der Waals surface area contributed by atoms with Gasteiger partial charge in [0, 0.05) is 36.1 Å². The highest BCUT2D eigenvalue weighted by Gasteiger charge is 2.27. The Kier molecular flexibility index (Phi) is 3.44. The van der Waals surface area contributed by atoms with Crippen LogP contribution >= 0.6 is 11.3 Å². The van der Waals surface area contributed by atoms with Gasteiger partial charge >= 0.3 is 0 Å². The maximum Gasteiger partial charge on any atom is 0.0417 e. The van der Waals surface area contributed by atoms with E-state index in [1.807, 2.05) is 11.3 Å². The number of thiophene rings is 1. The first-order valence-electron chi connectivity index (χ1n) is 5.71. The van der Waals surface area contributed by atoms with Crippen molar-refractivity contribution in [2.24, 2.45) is 0 Å². The van der Waals surface area contributed by atoms with Crippen molar-refractivity contribution in [2.45, 2.75) is 38.9 Å². The Balaban J connectivity index is 2.08. The van der Waals surface area contributed by atoms with E-state index in [1.165, 1.54) is 4.88 Å². The van der Waals surface area contributed by atoms with Crippen LogP contribution in [0, 0.1) is 0 Å². The second-order valence-corrected chi connectivity index (χ2v) is 5.53. The molecule has 3 heteroatoms. The zero-order chi connectivity index (χ0) is 10.8. The Hall–Kier alpha value is -0.380. The fourth-order valence-corrected chi connectivity index (χ4v) is 3.09. The van der Waals surface area contributed by atoms with E-state index in [9.17, 15) is 0 Å². The third-order valence-corrected chi connectivity index (χ3v) is 4.31. The Bertz CT molecular complexity index is 297. The Labute approximate surface area is 96.3 Å². The summed E-state index contributed by atoms with van der Waals surface area (Å²) in [7, 11) is 0. The normalized spacial score (nSPS) is 30.3. The average molecular weight is 224 g/mol. The molecule has 1 aliphatic rings. The fourth-order valence-electron chi connectivity index (χ4n) is 2.28. The summed E-state index contributed by atoms with van der Waals surface area (Å²) in [5.74, 6) is 0. The smallest absolute Gasteiger partial charge is 0.0417 e. The molecule has 1 aromatic rings. The minimum atomic E-state index is 0.560. The molecule has 2 rings (SSSR count). The molecule has 0 aromatic carbocycles. The summed E-state index contributed by atoms with van der Waals surface area (Å²) in [5.41, 5.74) is 0. The molecule has 0 spiro atoms. The van der Waals surface area contributed by atoms with Gasteiger partial charge in [-0.3, -0.25) is 4.90 Å². The van der Waals surface area contributed by atoms with E-state index in [1.54, 1.807) is 0 Å². The summed E-state index contributed by atoms with van der Waals surface area (Å²) in [5, 5.41) is 5.69. The molecule has 15 heavy (non-hydrogen) atoms. The molecule has 1 N–H and O–H groups in total. The van der Waals surface area contributed by atoms with Crippen molar-refractivity contribution < 1.29 is 0 Å². The van der Waals surface area contributed by atoms with Crippen molar-refractivity contribution in [1.82, 2.24) is 10.2 Å².